The third-order valence-electron chi connectivity index (χ3n) is 2.90. The summed E-state index contributed by atoms with van der Waals surface area (Å²) in [5.41, 5.74) is 4.23. The van der Waals surface area contributed by atoms with Gasteiger partial charge in [0.25, 0.3) is 0 Å². The third-order valence-corrected chi connectivity index (χ3v) is 2.90. The maximum Gasteiger partial charge on any atom is 4.00 e. The van der Waals surface area contributed by atoms with Crippen LogP contribution in [-0.4, -0.2) is 0 Å². The van der Waals surface area contributed by atoms with Gasteiger partial charge in [-0.05, 0) is 5.92 Å². The molecule has 0 spiro atoms. The molecule has 0 heterocycles. The Morgan fingerprint density at radius 3 is 2.11 bits per heavy atom. The van der Waals surface area contributed by atoms with E-state index in [-0.39, 0.29) is 58.4 Å². The van der Waals surface area contributed by atoms with E-state index in [0.717, 1.165) is 0 Å². The topological polar surface area (TPSA) is 0 Å². The van der Waals surface area contributed by atoms with E-state index in [1.165, 1.54) is 27.5 Å². The van der Waals surface area contributed by atoms with Crippen molar-refractivity contribution in [3.63, 3.8) is 0 Å². The number of aryl methyl sites for hydroxylation is 2. The van der Waals surface area contributed by atoms with E-state index in [1.807, 2.05) is 0 Å². The summed E-state index contributed by atoms with van der Waals surface area (Å²) >= 11 is 0. The summed E-state index contributed by atoms with van der Waals surface area (Å²) in [4.78, 5) is 0. The molecule has 2 aromatic rings. The van der Waals surface area contributed by atoms with Crippen molar-refractivity contribution in [2.75, 3.05) is 0 Å². The number of hydrogen-bond acceptors (Lipinski definition) is 0. The molecule has 0 saturated carbocycles. The molecule has 0 fully saturated rings. The molecule has 2 rings (SSSR count). The molecule has 3 heteroatoms. The van der Waals surface area contributed by atoms with Crippen LogP contribution in [-0.2, 0) is 26.2 Å². The van der Waals surface area contributed by atoms with Gasteiger partial charge in [-0.15, -0.1) is 34.0 Å². The molecule has 0 saturated heterocycles. The number of fused-ring (bicyclic) bond motifs is 1. The summed E-state index contributed by atoms with van der Waals surface area (Å²) in [5, 5.41) is 2.87. The normalized spacial score (nSPS) is 8.94. The maximum atomic E-state index is 2.30. The van der Waals surface area contributed by atoms with E-state index >= 15 is 0 Å². The van der Waals surface area contributed by atoms with Gasteiger partial charge in [0.1, 0.15) is 0 Å². The van der Waals surface area contributed by atoms with Gasteiger partial charge in [0.2, 0.25) is 0 Å². The Hall–Kier alpha value is 0.293. The van der Waals surface area contributed by atoms with Gasteiger partial charge in [0.05, 0.1) is 0 Å². The molecule has 0 nitrogen and oxygen atoms in total. The van der Waals surface area contributed by atoms with Crippen LogP contribution >= 0.6 is 0 Å². The number of rotatable bonds is 1. The van der Waals surface area contributed by atoms with Crippen molar-refractivity contribution in [3.8, 4) is 0 Å². The van der Waals surface area contributed by atoms with E-state index in [2.05, 4.69) is 52.0 Å². The van der Waals surface area contributed by atoms with Crippen molar-refractivity contribution in [1.29, 1.82) is 0 Å². The fraction of sp³-hybridized carbons (Fsp3) is 0.333. The molecule has 0 atom stereocenters. The van der Waals surface area contributed by atoms with E-state index in [1.54, 1.807) is 0 Å². The molecule has 0 aliphatic carbocycles. The van der Waals surface area contributed by atoms with Gasteiger partial charge >= 0.3 is 26.2 Å². The summed E-state index contributed by atoms with van der Waals surface area (Å²) in [5.74, 6) is 0.611. The van der Waals surface area contributed by atoms with Crippen LogP contribution < -0.4 is 24.8 Å². The monoisotopic (exact) mass is 360 g/mol. The second kappa shape index (κ2) is 9.24. The third kappa shape index (κ3) is 4.44. The molecular weight excluding hydrogens is 342 g/mol. The zero-order valence-electron chi connectivity index (χ0n) is 11.6. The fourth-order valence-corrected chi connectivity index (χ4v) is 2.12. The Morgan fingerprint density at radius 1 is 1.06 bits per heavy atom. The van der Waals surface area contributed by atoms with Crippen LogP contribution in [0.2, 0.25) is 0 Å². The second-order valence-corrected chi connectivity index (χ2v) is 4.49. The van der Waals surface area contributed by atoms with Crippen molar-refractivity contribution in [3.05, 3.63) is 48.4 Å². The molecule has 98 valence electrons. The first kappa shape index (κ1) is 23.4. The van der Waals surface area contributed by atoms with Gasteiger partial charge in [-0.25, -0.2) is 0 Å². The molecule has 2 aromatic carbocycles. The van der Waals surface area contributed by atoms with Gasteiger partial charge in [-0.1, -0.05) is 39.3 Å². The Balaban J connectivity index is -0.000000562. The zero-order valence-corrected chi connectivity index (χ0v) is 15.6. The van der Waals surface area contributed by atoms with Crippen molar-refractivity contribution in [2.24, 2.45) is 0 Å². The van der Waals surface area contributed by atoms with E-state index in [0.29, 0.717) is 5.92 Å². The SMILES string of the molecule is Cc1cc2c(C(C)C)ccc(C)c2[cH-]1.[CH3-].[Cl-].[Cl-].[Zr+4]. The standard InChI is InChI=1S/C14H17.CH3.2ClH.Zr/c1-9(2)12-6-5-11(4)13-7-10(3)8-14(12)13;;;;/h5-9H,1-4H3;1H3;2*1H;/q2*-1;;;+4/p-2. The smallest absolute Gasteiger partial charge is 1.00 e. The van der Waals surface area contributed by atoms with E-state index in [9.17, 15) is 0 Å². The van der Waals surface area contributed by atoms with Crippen LogP contribution in [0.3, 0.4) is 0 Å². The van der Waals surface area contributed by atoms with Gasteiger partial charge in [0.15, 0.2) is 0 Å². The van der Waals surface area contributed by atoms with Gasteiger partial charge < -0.3 is 32.2 Å². The average molecular weight is 362 g/mol. The first-order valence-corrected chi connectivity index (χ1v) is 5.26. The summed E-state index contributed by atoms with van der Waals surface area (Å²) in [6.45, 7) is 8.87. The largest absolute Gasteiger partial charge is 4.00 e. The molecule has 18 heavy (non-hydrogen) atoms. The number of benzene rings is 1. The second-order valence-electron chi connectivity index (χ2n) is 4.49. The van der Waals surface area contributed by atoms with Crippen molar-refractivity contribution in [1.82, 2.24) is 0 Å². The Bertz CT molecular complexity index is 473. The molecule has 0 unspecified atom stereocenters. The Morgan fingerprint density at radius 2 is 1.61 bits per heavy atom. The summed E-state index contributed by atoms with van der Waals surface area (Å²) in [6.07, 6.45) is 0. The molecule has 0 aliphatic heterocycles. The molecule has 0 amide bonds. The minimum atomic E-state index is 0. The molecule has 0 aromatic heterocycles. The fourth-order valence-electron chi connectivity index (χ4n) is 2.12. The number of halogens is 2. The number of hydrogen-bond donors (Lipinski definition) is 0. The summed E-state index contributed by atoms with van der Waals surface area (Å²) in [7, 11) is 0. The summed E-state index contributed by atoms with van der Waals surface area (Å²) < 4.78 is 0. The van der Waals surface area contributed by atoms with Gasteiger partial charge in [-0.2, -0.15) is 6.07 Å². The predicted octanol–water partition coefficient (Wildman–Crippen LogP) is -1.25. The Kier molecular flexibility index (Phi) is 12.0. The van der Waals surface area contributed by atoms with Gasteiger partial charge in [-0.3, -0.25) is 0 Å². The van der Waals surface area contributed by atoms with E-state index in [4.69, 9.17) is 0 Å². The minimum absolute atomic E-state index is 0. The van der Waals surface area contributed by atoms with Crippen LogP contribution in [0.15, 0.2) is 24.3 Å². The van der Waals surface area contributed by atoms with Crippen LogP contribution in [0.4, 0.5) is 0 Å². The molecular formula is C15H20Cl2Zr. The summed E-state index contributed by atoms with van der Waals surface area (Å²) in [6, 6.07) is 9.09. The molecule has 0 radical (unpaired) electrons. The van der Waals surface area contributed by atoms with Crippen LogP contribution in [0, 0.1) is 21.3 Å². The first-order valence-electron chi connectivity index (χ1n) is 5.26. The Labute approximate surface area is 143 Å². The first-order chi connectivity index (χ1) is 6.59. The average Bonchev–Trinajstić information content (AvgIpc) is 2.47. The zero-order chi connectivity index (χ0) is 10.3. The molecule has 0 bridgehead atoms. The molecule has 0 aliphatic rings. The van der Waals surface area contributed by atoms with E-state index < -0.39 is 0 Å². The molecule has 0 N–H and O–H groups in total. The van der Waals surface area contributed by atoms with Crippen LogP contribution in [0.25, 0.3) is 10.8 Å². The van der Waals surface area contributed by atoms with Crippen LogP contribution in [0.5, 0.6) is 0 Å². The maximum absolute atomic E-state index is 2.30. The van der Waals surface area contributed by atoms with Crippen molar-refractivity contribution in [2.45, 2.75) is 33.6 Å². The predicted molar refractivity (Wildman–Crippen MR) is 69.5 cm³/mol. The van der Waals surface area contributed by atoms with Crippen LogP contribution in [0.1, 0.15) is 36.5 Å². The quantitative estimate of drug-likeness (QED) is 0.557. The minimum Gasteiger partial charge on any atom is -1.00 e. The van der Waals surface area contributed by atoms with Crippen molar-refractivity contribution < 1.29 is 51.0 Å². The van der Waals surface area contributed by atoms with Crippen molar-refractivity contribution >= 4 is 10.8 Å². The van der Waals surface area contributed by atoms with Gasteiger partial charge in [0, 0.05) is 0 Å².